The number of aliphatic hydroxyl groups is 1. The van der Waals surface area contributed by atoms with Crippen LogP contribution in [0, 0.1) is 0 Å². The summed E-state index contributed by atoms with van der Waals surface area (Å²) in [6.07, 6.45) is -0.937. The summed E-state index contributed by atoms with van der Waals surface area (Å²) in [4.78, 5) is 2.31. The molecule has 0 spiro atoms. The van der Waals surface area contributed by atoms with Gasteiger partial charge in [0.15, 0.2) is 0 Å². The van der Waals surface area contributed by atoms with Crippen LogP contribution in [0.2, 0.25) is 0 Å². The molecule has 0 saturated heterocycles. The Morgan fingerprint density at radius 3 is 1.66 bits per heavy atom. The quantitative estimate of drug-likeness (QED) is 0.256. The van der Waals surface area contributed by atoms with E-state index in [1.807, 2.05) is 60.7 Å². The molecule has 6 nitrogen and oxygen atoms in total. The average molecular weight is 553 g/mol. The summed E-state index contributed by atoms with van der Waals surface area (Å²) in [5.41, 5.74) is 2.70. The molecule has 0 aliphatic heterocycles. The number of hydrogen-bond donors (Lipinski definition) is 1. The summed E-state index contributed by atoms with van der Waals surface area (Å²) in [5.74, 6) is 0.623. The summed E-state index contributed by atoms with van der Waals surface area (Å²) in [6, 6.07) is 35.2. The van der Waals surface area contributed by atoms with Crippen molar-refractivity contribution in [3.8, 4) is 5.75 Å². The Bertz CT molecular complexity index is 1300. The lowest BCUT2D eigenvalue weighted by atomic mass is 10.1. The van der Waals surface area contributed by atoms with Crippen molar-refractivity contribution in [3.63, 3.8) is 0 Å². The molecule has 0 amide bonds. The molecule has 0 radical (unpaired) electrons. The number of methoxy groups -OCH3 is 1. The molecule has 1 atom stereocenters. The number of ether oxygens (including phenoxy) is 1. The molecule has 1 unspecified atom stereocenters. The Morgan fingerprint density at radius 2 is 1.18 bits per heavy atom. The first-order valence-electron chi connectivity index (χ1n) is 12.2. The molecule has 4 rings (SSSR count). The lowest BCUT2D eigenvalue weighted by molar-refractivity contribution is 0.111. The van der Waals surface area contributed by atoms with E-state index >= 15 is 0 Å². The van der Waals surface area contributed by atoms with Gasteiger partial charge in [-0.25, -0.2) is 8.42 Å². The van der Waals surface area contributed by atoms with E-state index in [2.05, 4.69) is 4.90 Å². The zero-order chi connectivity index (χ0) is 26.1. The summed E-state index contributed by atoms with van der Waals surface area (Å²) in [6.45, 7) is 1.45. The van der Waals surface area contributed by atoms with Crippen LogP contribution in [0.25, 0.3) is 0 Å². The highest BCUT2D eigenvalue weighted by Gasteiger charge is 2.28. The molecule has 1 N–H and O–H groups in total. The molecular formula is C30H33ClN2O4S. The molecule has 38 heavy (non-hydrogen) atoms. The fourth-order valence-corrected chi connectivity index (χ4v) is 5.75. The van der Waals surface area contributed by atoms with Crippen molar-refractivity contribution in [2.45, 2.75) is 24.1 Å². The van der Waals surface area contributed by atoms with Gasteiger partial charge in [0.1, 0.15) is 5.75 Å². The van der Waals surface area contributed by atoms with E-state index in [0.29, 0.717) is 31.1 Å². The minimum Gasteiger partial charge on any atom is -0.497 e. The largest absolute Gasteiger partial charge is 0.497 e. The van der Waals surface area contributed by atoms with Crippen LogP contribution in [-0.4, -0.2) is 44.7 Å². The topological polar surface area (TPSA) is 70.1 Å². The first-order chi connectivity index (χ1) is 18.0. The van der Waals surface area contributed by atoms with Gasteiger partial charge in [-0.05, 0) is 47.5 Å². The molecule has 0 aliphatic carbocycles. The number of halogens is 1. The van der Waals surface area contributed by atoms with Crippen LogP contribution in [0.3, 0.4) is 0 Å². The van der Waals surface area contributed by atoms with Gasteiger partial charge in [0.25, 0.3) is 10.0 Å². The maximum Gasteiger partial charge on any atom is 0.264 e. The molecule has 0 aliphatic rings. The Kier molecular flexibility index (Phi) is 10.7. The normalized spacial score (nSPS) is 12.0. The van der Waals surface area contributed by atoms with E-state index in [4.69, 9.17) is 4.74 Å². The zero-order valence-corrected chi connectivity index (χ0v) is 22.9. The number of aliphatic hydroxyl groups excluding tert-OH is 1. The smallest absolute Gasteiger partial charge is 0.264 e. The second-order valence-electron chi connectivity index (χ2n) is 8.84. The predicted molar refractivity (Wildman–Crippen MR) is 154 cm³/mol. The van der Waals surface area contributed by atoms with E-state index in [-0.39, 0.29) is 23.8 Å². The zero-order valence-electron chi connectivity index (χ0n) is 21.3. The third kappa shape index (κ3) is 7.82. The molecule has 8 heteroatoms. The molecule has 0 fully saturated rings. The van der Waals surface area contributed by atoms with Crippen LogP contribution in [0.1, 0.15) is 11.1 Å². The Balaban J connectivity index is 0.00000400. The van der Waals surface area contributed by atoms with Gasteiger partial charge in [0.2, 0.25) is 0 Å². The first kappa shape index (κ1) is 29.2. The van der Waals surface area contributed by atoms with Gasteiger partial charge in [0.05, 0.1) is 30.3 Å². The van der Waals surface area contributed by atoms with Gasteiger partial charge < -0.3 is 9.84 Å². The number of sulfonamides is 1. The highest BCUT2D eigenvalue weighted by Crippen LogP contribution is 2.26. The number of nitrogens with zero attached hydrogens (tertiary/aromatic N) is 2. The molecular weight excluding hydrogens is 520 g/mol. The van der Waals surface area contributed by atoms with Crippen LogP contribution >= 0.6 is 12.4 Å². The fraction of sp³-hybridized carbons (Fsp3) is 0.200. The fourth-order valence-electron chi connectivity index (χ4n) is 4.23. The standard InChI is InChI=1S/C30H32N2O4S.ClH/c1-36-29-19-17-27(18-20-29)32(37(34,35)30-15-9-4-10-16-30)24-28(33)23-31(21-25-11-5-2-6-12-25)22-26-13-7-3-8-14-26;/h2-20,28,33H,21-24H2,1H3;1H. The van der Waals surface area contributed by atoms with Gasteiger partial charge in [0, 0.05) is 19.6 Å². The van der Waals surface area contributed by atoms with Crippen molar-refractivity contribution in [2.75, 3.05) is 24.5 Å². The number of hydrogen-bond acceptors (Lipinski definition) is 5. The van der Waals surface area contributed by atoms with Crippen molar-refractivity contribution in [1.29, 1.82) is 0 Å². The van der Waals surface area contributed by atoms with E-state index < -0.39 is 16.1 Å². The predicted octanol–water partition coefficient (Wildman–Crippen LogP) is 5.38. The van der Waals surface area contributed by atoms with Gasteiger partial charge in [-0.3, -0.25) is 9.21 Å². The van der Waals surface area contributed by atoms with Crippen molar-refractivity contribution in [2.24, 2.45) is 0 Å². The van der Waals surface area contributed by atoms with Crippen molar-refractivity contribution >= 4 is 28.1 Å². The second kappa shape index (κ2) is 14.0. The number of rotatable bonds is 12. The van der Waals surface area contributed by atoms with E-state index in [0.717, 1.165) is 11.1 Å². The van der Waals surface area contributed by atoms with E-state index in [1.54, 1.807) is 61.7 Å². The van der Waals surface area contributed by atoms with Gasteiger partial charge in [-0.15, -0.1) is 12.4 Å². The summed E-state index contributed by atoms with van der Waals surface area (Å²) < 4.78 is 33.8. The highest BCUT2D eigenvalue weighted by molar-refractivity contribution is 7.92. The van der Waals surface area contributed by atoms with Gasteiger partial charge in [-0.1, -0.05) is 78.9 Å². The van der Waals surface area contributed by atoms with E-state index in [9.17, 15) is 13.5 Å². The lowest BCUT2D eigenvalue weighted by Gasteiger charge is -2.30. The van der Waals surface area contributed by atoms with Crippen molar-refractivity contribution < 1.29 is 18.3 Å². The molecule has 4 aromatic rings. The van der Waals surface area contributed by atoms with Gasteiger partial charge >= 0.3 is 0 Å². The van der Waals surface area contributed by atoms with E-state index in [1.165, 1.54) is 4.31 Å². The molecule has 0 heterocycles. The lowest BCUT2D eigenvalue weighted by Crippen LogP contribution is -2.42. The highest BCUT2D eigenvalue weighted by atomic mass is 35.5. The monoisotopic (exact) mass is 552 g/mol. The summed E-state index contributed by atoms with van der Waals surface area (Å²) >= 11 is 0. The van der Waals surface area contributed by atoms with Crippen LogP contribution in [-0.2, 0) is 23.1 Å². The first-order valence-corrected chi connectivity index (χ1v) is 13.6. The summed E-state index contributed by atoms with van der Waals surface area (Å²) in [5, 5.41) is 11.2. The van der Waals surface area contributed by atoms with Crippen LogP contribution < -0.4 is 9.04 Å². The molecule has 0 bridgehead atoms. The minimum atomic E-state index is -3.91. The molecule has 0 aromatic heterocycles. The molecule has 0 saturated carbocycles. The van der Waals surface area contributed by atoms with Crippen molar-refractivity contribution in [1.82, 2.24) is 4.90 Å². The summed E-state index contributed by atoms with van der Waals surface area (Å²) in [7, 11) is -2.35. The van der Waals surface area contributed by atoms with Crippen LogP contribution in [0.15, 0.2) is 120 Å². The number of anilines is 1. The van der Waals surface area contributed by atoms with Gasteiger partial charge in [-0.2, -0.15) is 0 Å². The molecule has 4 aromatic carbocycles. The van der Waals surface area contributed by atoms with Crippen LogP contribution in [0.5, 0.6) is 5.75 Å². The number of benzene rings is 4. The van der Waals surface area contributed by atoms with Crippen molar-refractivity contribution in [3.05, 3.63) is 126 Å². The Labute approximate surface area is 231 Å². The third-order valence-electron chi connectivity index (χ3n) is 6.04. The SMILES string of the molecule is COc1ccc(N(CC(O)CN(Cc2ccccc2)Cc2ccccc2)S(=O)(=O)c2ccccc2)cc1.Cl. The maximum absolute atomic E-state index is 13.7. The Morgan fingerprint density at radius 1 is 0.711 bits per heavy atom. The Hall–Kier alpha value is -3.36. The molecule has 200 valence electrons. The van der Waals surface area contributed by atoms with Crippen LogP contribution in [0.4, 0.5) is 5.69 Å². The second-order valence-corrected chi connectivity index (χ2v) is 10.7. The third-order valence-corrected chi connectivity index (χ3v) is 7.84. The maximum atomic E-state index is 13.7. The minimum absolute atomic E-state index is 0. The average Bonchev–Trinajstić information content (AvgIpc) is 2.93.